The van der Waals surface area contributed by atoms with Crippen LogP contribution >= 0.6 is 0 Å². The molecule has 5 amide bonds. The lowest BCUT2D eigenvalue weighted by Gasteiger charge is -2.31. The molecular formula is C34H41N5O6. The number of likely N-dealkylation sites (N-methyl/N-ethyl adjacent to an activating group) is 1. The van der Waals surface area contributed by atoms with Gasteiger partial charge in [0.05, 0.1) is 6.61 Å². The van der Waals surface area contributed by atoms with Gasteiger partial charge in [0.1, 0.15) is 18.7 Å². The van der Waals surface area contributed by atoms with Gasteiger partial charge in [-0.3, -0.25) is 14.5 Å². The van der Waals surface area contributed by atoms with E-state index in [0.29, 0.717) is 17.7 Å². The number of anilines is 1. The van der Waals surface area contributed by atoms with Gasteiger partial charge in [0.2, 0.25) is 11.8 Å². The standard InChI is InChI=1S/C34H41N5O6/c1-21(2)30(39(3)34(44)45-20-28-26-11-6-4-9-24(26)25-10-5-7-12-27(25)28)32(42)38-29(13-8-18-36-33(35)43)31(41)37-23-16-14-22(19-40)15-17-23/h4-7,9-12,14-17,21,28-30,40H,8,13,18-20H2,1-3H3,(H,37,41)(H,38,42)(H3,35,36,43)/t29-,30-/m0/s1. The fraction of sp³-hybridized carbons (Fsp3) is 0.353. The Balaban J connectivity index is 1.44. The Bertz CT molecular complexity index is 1460. The van der Waals surface area contributed by atoms with E-state index in [1.54, 1.807) is 24.3 Å². The van der Waals surface area contributed by atoms with Crippen molar-refractivity contribution in [3.63, 3.8) is 0 Å². The topological polar surface area (TPSA) is 163 Å². The molecule has 2 atom stereocenters. The molecule has 3 aromatic rings. The number of aliphatic hydroxyl groups is 1. The van der Waals surface area contributed by atoms with Gasteiger partial charge in [0.15, 0.2) is 0 Å². The maximum absolute atomic E-state index is 13.7. The quantitative estimate of drug-likeness (QED) is 0.183. The number of fused-ring (bicyclic) bond motifs is 3. The number of ether oxygens (including phenoxy) is 1. The predicted molar refractivity (Wildman–Crippen MR) is 171 cm³/mol. The minimum absolute atomic E-state index is 0.108. The number of hydrogen-bond donors (Lipinski definition) is 5. The molecular weight excluding hydrogens is 574 g/mol. The average Bonchev–Trinajstić information content (AvgIpc) is 3.34. The van der Waals surface area contributed by atoms with E-state index < -0.39 is 36.0 Å². The summed E-state index contributed by atoms with van der Waals surface area (Å²) in [5.74, 6) is -1.42. The van der Waals surface area contributed by atoms with E-state index in [1.807, 2.05) is 50.2 Å². The monoisotopic (exact) mass is 615 g/mol. The Morgan fingerprint density at radius 1 is 0.911 bits per heavy atom. The first-order valence-electron chi connectivity index (χ1n) is 15.0. The largest absolute Gasteiger partial charge is 0.448 e. The van der Waals surface area contributed by atoms with E-state index in [-0.39, 0.29) is 38.0 Å². The van der Waals surface area contributed by atoms with Crippen molar-refractivity contribution >= 4 is 29.6 Å². The molecule has 0 unspecified atom stereocenters. The summed E-state index contributed by atoms with van der Waals surface area (Å²) in [5.41, 5.74) is 10.7. The molecule has 11 heteroatoms. The summed E-state index contributed by atoms with van der Waals surface area (Å²) in [5, 5.41) is 17.4. The van der Waals surface area contributed by atoms with Crippen molar-refractivity contribution in [2.24, 2.45) is 11.7 Å². The first kappa shape index (κ1) is 33.0. The van der Waals surface area contributed by atoms with E-state index in [1.165, 1.54) is 11.9 Å². The third-order valence-electron chi connectivity index (χ3n) is 7.95. The zero-order chi connectivity index (χ0) is 32.5. The van der Waals surface area contributed by atoms with Gasteiger partial charge in [0, 0.05) is 25.2 Å². The fourth-order valence-corrected chi connectivity index (χ4v) is 5.70. The molecule has 0 fully saturated rings. The lowest BCUT2D eigenvalue weighted by molar-refractivity contribution is -0.131. The SMILES string of the molecule is CC(C)[C@@H](C(=O)N[C@@H](CCCNC(N)=O)C(=O)Nc1ccc(CO)cc1)N(C)C(=O)OCC1c2ccccc2-c2ccccc21. The van der Waals surface area contributed by atoms with Gasteiger partial charge in [0.25, 0.3) is 0 Å². The lowest BCUT2D eigenvalue weighted by Crippen LogP contribution is -2.55. The van der Waals surface area contributed by atoms with Crippen molar-refractivity contribution in [3.05, 3.63) is 89.5 Å². The molecule has 0 bridgehead atoms. The summed E-state index contributed by atoms with van der Waals surface area (Å²) in [6.45, 7) is 3.82. The molecule has 11 nitrogen and oxygen atoms in total. The lowest BCUT2D eigenvalue weighted by atomic mass is 9.98. The van der Waals surface area contributed by atoms with Crippen molar-refractivity contribution < 1.29 is 29.0 Å². The average molecular weight is 616 g/mol. The van der Waals surface area contributed by atoms with Crippen LogP contribution in [0.4, 0.5) is 15.3 Å². The first-order chi connectivity index (χ1) is 21.6. The molecule has 45 heavy (non-hydrogen) atoms. The van der Waals surface area contributed by atoms with Gasteiger partial charge >= 0.3 is 12.1 Å². The first-order valence-corrected chi connectivity index (χ1v) is 15.0. The third kappa shape index (κ3) is 8.18. The predicted octanol–water partition coefficient (Wildman–Crippen LogP) is 3.96. The van der Waals surface area contributed by atoms with Gasteiger partial charge < -0.3 is 31.5 Å². The Labute approximate surface area is 263 Å². The molecule has 6 N–H and O–H groups in total. The third-order valence-corrected chi connectivity index (χ3v) is 7.95. The van der Waals surface area contributed by atoms with Crippen molar-refractivity contribution in [1.82, 2.24) is 15.5 Å². The van der Waals surface area contributed by atoms with Crippen molar-refractivity contribution in [3.8, 4) is 11.1 Å². The number of carbonyl (C=O) groups excluding carboxylic acids is 4. The molecule has 0 radical (unpaired) electrons. The normalized spacial score (nSPS) is 13.3. The molecule has 1 aliphatic carbocycles. The number of nitrogens with one attached hydrogen (secondary N) is 3. The second kappa shape index (κ2) is 15.2. The smallest absolute Gasteiger partial charge is 0.410 e. The second-order valence-electron chi connectivity index (χ2n) is 11.4. The number of carbonyl (C=O) groups is 4. The Morgan fingerprint density at radius 3 is 2.07 bits per heavy atom. The summed E-state index contributed by atoms with van der Waals surface area (Å²) in [6, 6.07) is 20.2. The number of benzene rings is 3. The Morgan fingerprint density at radius 2 is 1.51 bits per heavy atom. The maximum atomic E-state index is 13.7. The molecule has 238 valence electrons. The van der Waals surface area contributed by atoms with Gasteiger partial charge in [-0.1, -0.05) is 74.5 Å². The van der Waals surface area contributed by atoms with E-state index in [2.05, 4.69) is 28.1 Å². The molecule has 0 aromatic heterocycles. The molecule has 1 aliphatic rings. The van der Waals surface area contributed by atoms with Crippen LogP contribution in [0.1, 0.15) is 49.3 Å². The molecule has 0 heterocycles. The fourth-order valence-electron chi connectivity index (χ4n) is 5.70. The zero-order valence-corrected chi connectivity index (χ0v) is 25.8. The van der Waals surface area contributed by atoms with E-state index in [0.717, 1.165) is 22.3 Å². The van der Waals surface area contributed by atoms with Crippen LogP contribution in [-0.4, -0.2) is 66.2 Å². The van der Waals surface area contributed by atoms with Crippen molar-refractivity contribution in [2.75, 3.05) is 25.5 Å². The summed E-state index contributed by atoms with van der Waals surface area (Å²) >= 11 is 0. The molecule has 0 spiro atoms. The number of urea groups is 1. The zero-order valence-electron chi connectivity index (χ0n) is 25.8. The highest BCUT2D eigenvalue weighted by molar-refractivity contribution is 5.98. The minimum Gasteiger partial charge on any atom is -0.448 e. The minimum atomic E-state index is -0.971. The second-order valence-corrected chi connectivity index (χ2v) is 11.4. The number of rotatable bonds is 13. The van der Waals surface area contributed by atoms with Crippen LogP contribution in [0, 0.1) is 5.92 Å². The summed E-state index contributed by atoms with van der Waals surface area (Å²) < 4.78 is 5.79. The van der Waals surface area contributed by atoms with Gasteiger partial charge in [-0.25, -0.2) is 9.59 Å². The van der Waals surface area contributed by atoms with Crippen LogP contribution in [0.15, 0.2) is 72.8 Å². The van der Waals surface area contributed by atoms with Crippen LogP contribution in [0.5, 0.6) is 0 Å². The van der Waals surface area contributed by atoms with E-state index >= 15 is 0 Å². The van der Waals surface area contributed by atoms with Crippen LogP contribution in [0.3, 0.4) is 0 Å². The number of aliphatic hydroxyl groups excluding tert-OH is 1. The summed E-state index contributed by atoms with van der Waals surface area (Å²) in [4.78, 5) is 52.6. The van der Waals surface area contributed by atoms with Crippen molar-refractivity contribution in [2.45, 2.75) is 51.3 Å². The highest BCUT2D eigenvalue weighted by Crippen LogP contribution is 2.44. The van der Waals surface area contributed by atoms with Crippen LogP contribution < -0.4 is 21.7 Å². The van der Waals surface area contributed by atoms with Crippen LogP contribution in [0.2, 0.25) is 0 Å². The molecule has 3 aromatic carbocycles. The van der Waals surface area contributed by atoms with Crippen LogP contribution in [-0.2, 0) is 20.9 Å². The van der Waals surface area contributed by atoms with Gasteiger partial charge in [-0.15, -0.1) is 0 Å². The van der Waals surface area contributed by atoms with Gasteiger partial charge in [-0.05, 0) is 58.7 Å². The maximum Gasteiger partial charge on any atom is 0.410 e. The van der Waals surface area contributed by atoms with E-state index in [9.17, 15) is 24.3 Å². The highest BCUT2D eigenvalue weighted by atomic mass is 16.6. The molecule has 0 aliphatic heterocycles. The molecule has 0 saturated carbocycles. The molecule has 0 saturated heterocycles. The molecule has 4 rings (SSSR count). The number of nitrogens with two attached hydrogens (primary N) is 1. The Kier molecular flexibility index (Phi) is 11.2. The summed E-state index contributed by atoms with van der Waals surface area (Å²) in [6.07, 6.45) is -0.0906. The number of primary amides is 1. The van der Waals surface area contributed by atoms with E-state index in [4.69, 9.17) is 10.5 Å². The summed E-state index contributed by atoms with van der Waals surface area (Å²) in [7, 11) is 1.51. The van der Waals surface area contributed by atoms with Gasteiger partial charge in [-0.2, -0.15) is 0 Å². The number of amides is 5. The highest BCUT2D eigenvalue weighted by Gasteiger charge is 2.35. The number of nitrogens with zero attached hydrogens (tertiary/aromatic N) is 1. The van der Waals surface area contributed by atoms with Crippen molar-refractivity contribution in [1.29, 1.82) is 0 Å². The van der Waals surface area contributed by atoms with Crippen LogP contribution in [0.25, 0.3) is 11.1 Å². The Hall–Kier alpha value is -4.90. The number of hydrogen-bond acceptors (Lipinski definition) is 6.